The molecule has 0 aromatic carbocycles. The van der Waals surface area contributed by atoms with E-state index in [1.54, 1.807) is 0 Å². The van der Waals surface area contributed by atoms with Gasteiger partial charge in [-0.1, -0.05) is 0 Å². The molecule has 4 aromatic rings. The van der Waals surface area contributed by atoms with E-state index in [0.717, 1.165) is 6.20 Å². The number of rotatable bonds is 4. The maximum Gasteiger partial charge on any atom is 0.149 e. The number of nitrogens with two attached hydrogens (primary N) is 1. The Labute approximate surface area is 157 Å². The molecular formula is C18H12F2N8. The molecule has 3 N–H and O–H groups in total. The number of anilines is 2. The predicted octanol–water partition coefficient (Wildman–Crippen LogP) is 2.53. The molecule has 138 valence electrons. The highest BCUT2D eigenvalue weighted by molar-refractivity contribution is 5.68. The van der Waals surface area contributed by atoms with Gasteiger partial charge < -0.3 is 11.1 Å². The van der Waals surface area contributed by atoms with Crippen LogP contribution in [0.15, 0.2) is 43.1 Å². The van der Waals surface area contributed by atoms with E-state index in [4.69, 9.17) is 5.73 Å². The minimum Gasteiger partial charge on any atom is -0.382 e. The van der Waals surface area contributed by atoms with Crippen molar-refractivity contribution in [1.82, 2.24) is 24.3 Å². The van der Waals surface area contributed by atoms with Crippen molar-refractivity contribution in [2.75, 3.05) is 11.1 Å². The number of aromatic nitrogens is 5. The molecule has 0 atom stereocenters. The average Bonchev–Trinajstić information content (AvgIpc) is 3.03. The van der Waals surface area contributed by atoms with E-state index in [0.29, 0.717) is 22.6 Å². The van der Waals surface area contributed by atoms with Gasteiger partial charge in [-0.3, -0.25) is 9.38 Å². The lowest BCUT2D eigenvalue weighted by Crippen LogP contribution is -2.08. The van der Waals surface area contributed by atoms with E-state index in [1.807, 2.05) is 6.07 Å². The van der Waals surface area contributed by atoms with E-state index in [1.165, 1.54) is 41.3 Å². The van der Waals surface area contributed by atoms with Crippen molar-refractivity contribution in [3.63, 3.8) is 0 Å². The summed E-state index contributed by atoms with van der Waals surface area (Å²) in [5.74, 6) is -0.711. The van der Waals surface area contributed by atoms with Gasteiger partial charge in [0.25, 0.3) is 0 Å². The van der Waals surface area contributed by atoms with Crippen molar-refractivity contribution in [2.45, 2.75) is 6.54 Å². The van der Waals surface area contributed by atoms with E-state index >= 15 is 0 Å². The van der Waals surface area contributed by atoms with Crippen LogP contribution >= 0.6 is 0 Å². The molecule has 8 nitrogen and oxygen atoms in total. The Morgan fingerprint density at radius 2 is 2.04 bits per heavy atom. The molecule has 0 unspecified atom stereocenters. The molecule has 0 aliphatic rings. The highest BCUT2D eigenvalue weighted by Crippen LogP contribution is 2.27. The Balaban J connectivity index is 1.80. The van der Waals surface area contributed by atoms with Crippen LogP contribution in [-0.4, -0.2) is 24.3 Å². The Morgan fingerprint density at radius 3 is 2.82 bits per heavy atom. The zero-order valence-corrected chi connectivity index (χ0v) is 14.3. The summed E-state index contributed by atoms with van der Waals surface area (Å²) in [5, 5.41) is 12.2. The predicted molar refractivity (Wildman–Crippen MR) is 96.8 cm³/mol. The summed E-state index contributed by atoms with van der Waals surface area (Å²) in [6, 6.07) is 6.02. The first kappa shape index (κ1) is 17.3. The lowest BCUT2D eigenvalue weighted by atomic mass is 10.1. The Kier molecular flexibility index (Phi) is 4.25. The molecule has 0 saturated carbocycles. The minimum absolute atomic E-state index is 0.0478. The molecule has 4 rings (SSSR count). The lowest BCUT2D eigenvalue weighted by Gasteiger charge is -2.09. The molecule has 4 aromatic heterocycles. The highest BCUT2D eigenvalue weighted by Gasteiger charge is 2.17. The van der Waals surface area contributed by atoms with Gasteiger partial charge in [0.15, 0.2) is 0 Å². The van der Waals surface area contributed by atoms with Gasteiger partial charge in [-0.15, -0.1) is 0 Å². The van der Waals surface area contributed by atoms with Gasteiger partial charge in [-0.2, -0.15) is 5.26 Å². The number of nitrogen functional groups attached to an aromatic ring is 1. The highest BCUT2D eigenvalue weighted by atomic mass is 19.1. The van der Waals surface area contributed by atoms with Gasteiger partial charge in [0, 0.05) is 18.0 Å². The fourth-order valence-electron chi connectivity index (χ4n) is 2.85. The summed E-state index contributed by atoms with van der Waals surface area (Å²) in [6.45, 7) is 0.125. The van der Waals surface area contributed by atoms with E-state index < -0.39 is 11.6 Å². The number of hydrogen-bond acceptors (Lipinski definition) is 7. The van der Waals surface area contributed by atoms with E-state index in [9.17, 15) is 14.0 Å². The lowest BCUT2D eigenvalue weighted by molar-refractivity contribution is 0.619. The van der Waals surface area contributed by atoms with Gasteiger partial charge in [-0.05, 0) is 18.2 Å². The van der Waals surface area contributed by atoms with Crippen LogP contribution in [0.5, 0.6) is 0 Å². The SMILES string of the molecule is N#Cc1c(N)ncnc1NCc1nc2ccc(F)cn2c1-c1cncc(F)c1. The van der Waals surface area contributed by atoms with Crippen molar-refractivity contribution < 1.29 is 8.78 Å². The van der Waals surface area contributed by atoms with E-state index in [2.05, 4.69) is 25.3 Å². The first-order chi connectivity index (χ1) is 13.6. The van der Waals surface area contributed by atoms with Crippen molar-refractivity contribution in [2.24, 2.45) is 0 Å². The second kappa shape index (κ2) is 6.88. The van der Waals surface area contributed by atoms with Crippen LogP contribution in [-0.2, 0) is 6.54 Å². The van der Waals surface area contributed by atoms with Gasteiger partial charge in [0.2, 0.25) is 0 Å². The number of halogens is 2. The molecular weight excluding hydrogens is 366 g/mol. The number of nitrogens with zero attached hydrogens (tertiary/aromatic N) is 6. The zero-order chi connectivity index (χ0) is 19.7. The van der Waals surface area contributed by atoms with Crippen LogP contribution < -0.4 is 11.1 Å². The van der Waals surface area contributed by atoms with Crippen molar-refractivity contribution in [3.05, 3.63) is 66.0 Å². The quantitative estimate of drug-likeness (QED) is 0.560. The van der Waals surface area contributed by atoms with Gasteiger partial charge in [0.05, 0.1) is 24.1 Å². The van der Waals surface area contributed by atoms with Gasteiger partial charge in [0.1, 0.15) is 46.9 Å². The molecule has 28 heavy (non-hydrogen) atoms. The first-order valence-electron chi connectivity index (χ1n) is 8.08. The third-order valence-electron chi connectivity index (χ3n) is 4.04. The van der Waals surface area contributed by atoms with Gasteiger partial charge in [-0.25, -0.2) is 23.7 Å². The second-order valence-electron chi connectivity index (χ2n) is 5.82. The Hall–Kier alpha value is -4.13. The second-order valence-corrected chi connectivity index (χ2v) is 5.82. The molecule has 0 spiro atoms. The number of fused-ring (bicyclic) bond motifs is 1. The first-order valence-corrected chi connectivity index (χ1v) is 8.08. The third kappa shape index (κ3) is 3.05. The smallest absolute Gasteiger partial charge is 0.149 e. The molecule has 4 heterocycles. The summed E-state index contributed by atoms with van der Waals surface area (Å²) in [4.78, 5) is 16.1. The molecule has 0 fully saturated rings. The largest absolute Gasteiger partial charge is 0.382 e. The normalized spacial score (nSPS) is 10.8. The maximum atomic E-state index is 13.8. The number of hydrogen-bond donors (Lipinski definition) is 2. The molecule has 0 radical (unpaired) electrons. The van der Waals surface area contributed by atoms with Crippen LogP contribution in [0.25, 0.3) is 16.9 Å². The fraction of sp³-hybridized carbons (Fsp3) is 0.0556. The maximum absolute atomic E-state index is 13.8. The fourth-order valence-corrected chi connectivity index (χ4v) is 2.85. The summed E-state index contributed by atoms with van der Waals surface area (Å²) in [7, 11) is 0. The Bertz CT molecular complexity index is 1230. The molecule has 0 amide bonds. The topological polar surface area (TPSA) is 118 Å². The van der Waals surface area contributed by atoms with E-state index in [-0.39, 0.29) is 23.7 Å². The zero-order valence-electron chi connectivity index (χ0n) is 14.3. The number of nitrogens with one attached hydrogen (secondary N) is 1. The molecule has 0 aliphatic heterocycles. The number of pyridine rings is 2. The molecule has 0 saturated heterocycles. The minimum atomic E-state index is -0.530. The summed E-state index contributed by atoms with van der Waals surface area (Å²) in [6.07, 6.45) is 5.03. The standard InChI is InChI=1S/C18H12F2N8/c19-11-1-2-15-27-14(7-24-18-13(4-21)17(22)25-9-26-18)16(28(15)8-11)10-3-12(20)6-23-5-10/h1-3,5-6,8-9H,7H2,(H3,22,24,25,26). The summed E-state index contributed by atoms with van der Waals surface area (Å²) >= 11 is 0. The van der Waals surface area contributed by atoms with Crippen molar-refractivity contribution >= 4 is 17.3 Å². The molecule has 10 heteroatoms. The number of nitriles is 1. The monoisotopic (exact) mass is 378 g/mol. The third-order valence-corrected chi connectivity index (χ3v) is 4.04. The van der Waals surface area contributed by atoms with Crippen LogP contribution in [0.2, 0.25) is 0 Å². The van der Waals surface area contributed by atoms with Gasteiger partial charge >= 0.3 is 0 Å². The molecule has 0 bridgehead atoms. The summed E-state index contributed by atoms with van der Waals surface area (Å²) in [5.41, 5.74) is 7.65. The van der Waals surface area contributed by atoms with Crippen LogP contribution in [0.4, 0.5) is 20.4 Å². The summed E-state index contributed by atoms with van der Waals surface area (Å²) < 4.78 is 29.0. The van der Waals surface area contributed by atoms with Crippen molar-refractivity contribution in [1.29, 1.82) is 5.26 Å². The average molecular weight is 378 g/mol. The van der Waals surface area contributed by atoms with Crippen molar-refractivity contribution in [3.8, 4) is 17.3 Å². The molecule has 0 aliphatic carbocycles. The van der Waals surface area contributed by atoms with Crippen LogP contribution in [0.3, 0.4) is 0 Å². The van der Waals surface area contributed by atoms with Crippen LogP contribution in [0.1, 0.15) is 11.3 Å². The van der Waals surface area contributed by atoms with Crippen LogP contribution in [0, 0.1) is 23.0 Å². The Morgan fingerprint density at radius 1 is 1.18 bits per heavy atom. The number of imidazole rings is 1.